The van der Waals surface area contributed by atoms with Gasteiger partial charge in [-0.1, -0.05) is 67.6 Å². The van der Waals surface area contributed by atoms with E-state index in [2.05, 4.69) is 41.8 Å². The third-order valence-corrected chi connectivity index (χ3v) is 3.76. The number of hydrogen-bond donors (Lipinski definition) is 2. The third-order valence-electron chi connectivity index (χ3n) is 3.76. The number of carbonyl (C=O) groups is 1. The van der Waals surface area contributed by atoms with E-state index < -0.39 is 5.54 Å². The lowest BCUT2D eigenvalue weighted by Crippen LogP contribution is -2.48. The second-order valence-electron chi connectivity index (χ2n) is 5.69. The van der Waals surface area contributed by atoms with Gasteiger partial charge in [-0.15, -0.1) is 0 Å². The van der Waals surface area contributed by atoms with Crippen LogP contribution in [0.15, 0.2) is 60.7 Å². The van der Waals surface area contributed by atoms with Crippen LogP contribution in [0.25, 0.3) is 0 Å². The van der Waals surface area contributed by atoms with Gasteiger partial charge in [0, 0.05) is 0 Å². The average Bonchev–Trinajstić information content (AvgIpc) is 2.54. The highest BCUT2D eigenvalue weighted by Crippen LogP contribution is 2.25. The fourth-order valence-corrected chi connectivity index (χ4v) is 2.62. The minimum atomic E-state index is -0.422. The SMILES string of the molecule is CCNCC(=O)NC(C)(Cc1ccccc1)c1ccccc1. The molecule has 1 atom stereocenters. The van der Waals surface area contributed by atoms with Crippen molar-refractivity contribution in [2.24, 2.45) is 0 Å². The van der Waals surface area contributed by atoms with Gasteiger partial charge in [-0.3, -0.25) is 4.79 Å². The molecular weight excluding hydrogens is 272 g/mol. The van der Waals surface area contributed by atoms with E-state index >= 15 is 0 Å². The molecule has 3 heteroatoms. The molecule has 2 aromatic carbocycles. The minimum absolute atomic E-state index is 0.0177. The van der Waals surface area contributed by atoms with Crippen molar-refractivity contribution in [2.75, 3.05) is 13.1 Å². The third kappa shape index (κ3) is 4.43. The van der Waals surface area contributed by atoms with Crippen LogP contribution in [-0.4, -0.2) is 19.0 Å². The smallest absolute Gasteiger partial charge is 0.234 e. The first-order chi connectivity index (χ1) is 10.6. The molecule has 0 aliphatic rings. The quantitative estimate of drug-likeness (QED) is 0.825. The molecule has 0 saturated carbocycles. The van der Waals surface area contributed by atoms with Gasteiger partial charge in [-0.2, -0.15) is 0 Å². The van der Waals surface area contributed by atoms with Gasteiger partial charge in [0.1, 0.15) is 0 Å². The molecule has 0 saturated heterocycles. The van der Waals surface area contributed by atoms with Gasteiger partial charge < -0.3 is 10.6 Å². The van der Waals surface area contributed by atoms with Crippen molar-refractivity contribution < 1.29 is 4.79 Å². The Balaban J connectivity index is 2.22. The molecule has 0 radical (unpaired) electrons. The highest BCUT2D eigenvalue weighted by atomic mass is 16.2. The molecular formula is C19H24N2O. The van der Waals surface area contributed by atoms with Crippen molar-refractivity contribution in [3.05, 3.63) is 71.8 Å². The number of nitrogens with one attached hydrogen (secondary N) is 2. The monoisotopic (exact) mass is 296 g/mol. The molecule has 116 valence electrons. The van der Waals surface area contributed by atoms with E-state index in [-0.39, 0.29) is 5.91 Å². The zero-order chi connectivity index (χ0) is 15.8. The van der Waals surface area contributed by atoms with Crippen molar-refractivity contribution in [3.8, 4) is 0 Å². The summed E-state index contributed by atoms with van der Waals surface area (Å²) < 4.78 is 0. The van der Waals surface area contributed by atoms with Crippen LogP contribution in [0.4, 0.5) is 0 Å². The molecule has 1 amide bonds. The van der Waals surface area contributed by atoms with Crippen LogP contribution in [0.3, 0.4) is 0 Å². The Morgan fingerprint density at radius 3 is 2.18 bits per heavy atom. The molecule has 22 heavy (non-hydrogen) atoms. The topological polar surface area (TPSA) is 41.1 Å². The van der Waals surface area contributed by atoms with Gasteiger partial charge in [-0.05, 0) is 31.0 Å². The van der Waals surface area contributed by atoms with E-state index in [1.54, 1.807) is 0 Å². The summed E-state index contributed by atoms with van der Waals surface area (Å²) in [5.74, 6) is 0.0177. The first-order valence-electron chi connectivity index (χ1n) is 7.75. The van der Waals surface area contributed by atoms with Crippen LogP contribution in [0.1, 0.15) is 25.0 Å². The first-order valence-corrected chi connectivity index (χ1v) is 7.75. The fourth-order valence-electron chi connectivity index (χ4n) is 2.62. The Bertz CT molecular complexity index is 583. The minimum Gasteiger partial charge on any atom is -0.345 e. The molecule has 0 aliphatic carbocycles. The van der Waals surface area contributed by atoms with E-state index in [0.29, 0.717) is 6.54 Å². The Hall–Kier alpha value is -2.13. The highest BCUT2D eigenvalue weighted by Gasteiger charge is 2.28. The standard InChI is InChI=1S/C19H24N2O/c1-3-20-15-18(22)21-19(2,17-12-8-5-9-13-17)14-16-10-6-4-7-11-16/h4-13,20H,3,14-15H2,1-2H3,(H,21,22). The fraction of sp³-hybridized carbons (Fsp3) is 0.316. The maximum atomic E-state index is 12.2. The van der Waals surface area contributed by atoms with Gasteiger partial charge in [0.25, 0.3) is 0 Å². The number of carbonyl (C=O) groups excluding carboxylic acids is 1. The number of benzene rings is 2. The Morgan fingerprint density at radius 2 is 1.59 bits per heavy atom. The predicted molar refractivity (Wildman–Crippen MR) is 90.6 cm³/mol. The van der Waals surface area contributed by atoms with Crippen LogP contribution in [0.5, 0.6) is 0 Å². The lowest BCUT2D eigenvalue weighted by molar-refractivity contribution is -0.122. The van der Waals surface area contributed by atoms with E-state index in [9.17, 15) is 4.79 Å². The van der Waals surface area contributed by atoms with Gasteiger partial charge in [-0.25, -0.2) is 0 Å². The van der Waals surface area contributed by atoms with Crippen LogP contribution >= 0.6 is 0 Å². The molecule has 0 spiro atoms. The van der Waals surface area contributed by atoms with Crippen LogP contribution in [0.2, 0.25) is 0 Å². The number of hydrogen-bond acceptors (Lipinski definition) is 2. The molecule has 2 aromatic rings. The lowest BCUT2D eigenvalue weighted by Gasteiger charge is -2.32. The summed E-state index contributed by atoms with van der Waals surface area (Å²) in [7, 11) is 0. The molecule has 0 fully saturated rings. The zero-order valence-electron chi connectivity index (χ0n) is 13.3. The number of amides is 1. The number of rotatable bonds is 7. The summed E-state index contributed by atoms with van der Waals surface area (Å²) in [5, 5.41) is 6.27. The van der Waals surface area contributed by atoms with Gasteiger partial charge in [0.05, 0.1) is 12.1 Å². The van der Waals surface area contributed by atoms with Crippen molar-refractivity contribution in [3.63, 3.8) is 0 Å². The van der Waals surface area contributed by atoms with E-state index in [4.69, 9.17) is 0 Å². The predicted octanol–water partition coefficient (Wildman–Crippen LogP) is 2.87. The summed E-state index contributed by atoms with van der Waals surface area (Å²) in [4.78, 5) is 12.2. The van der Waals surface area contributed by atoms with Gasteiger partial charge >= 0.3 is 0 Å². The van der Waals surface area contributed by atoms with E-state index in [1.165, 1.54) is 5.56 Å². The molecule has 2 rings (SSSR count). The lowest BCUT2D eigenvalue weighted by atomic mass is 9.85. The summed E-state index contributed by atoms with van der Waals surface area (Å²) >= 11 is 0. The number of likely N-dealkylation sites (N-methyl/N-ethyl adjacent to an activating group) is 1. The second-order valence-corrected chi connectivity index (χ2v) is 5.69. The highest BCUT2D eigenvalue weighted by molar-refractivity contribution is 5.79. The van der Waals surface area contributed by atoms with Crippen molar-refractivity contribution in [1.29, 1.82) is 0 Å². The van der Waals surface area contributed by atoms with E-state index in [0.717, 1.165) is 18.5 Å². The van der Waals surface area contributed by atoms with Crippen molar-refractivity contribution >= 4 is 5.91 Å². The van der Waals surface area contributed by atoms with Crippen LogP contribution < -0.4 is 10.6 Å². The second kappa shape index (κ2) is 7.76. The molecule has 0 aromatic heterocycles. The summed E-state index contributed by atoms with van der Waals surface area (Å²) in [5.41, 5.74) is 1.90. The van der Waals surface area contributed by atoms with Crippen LogP contribution in [-0.2, 0) is 16.8 Å². The summed E-state index contributed by atoms with van der Waals surface area (Å²) in [6.07, 6.45) is 0.760. The molecule has 2 N–H and O–H groups in total. The van der Waals surface area contributed by atoms with Gasteiger partial charge in [0.2, 0.25) is 5.91 Å². The molecule has 0 bridgehead atoms. The average molecular weight is 296 g/mol. The van der Waals surface area contributed by atoms with Gasteiger partial charge in [0.15, 0.2) is 0 Å². The molecule has 0 aliphatic heterocycles. The van der Waals surface area contributed by atoms with Crippen molar-refractivity contribution in [1.82, 2.24) is 10.6 Å². The molecule has 1 unspecified atom stereocenters. The molecule has 0 heterocycles. The normalized spacial score (nSPS) is 13.4. The first kappa shape index (κ1) is 16.2. The summed E-state index contributed by atoms with van der Waals surface area (Å²) in [6.45, 7) is 5.20. The van der Waals surface area contributed by atoms with Crippen molar-refractivity contribution in [2.45, 2.75) is 25.8 Å². The Kier molecular flexibility index (Phi) is 5.73. The molecule has 3 nitrogen and oxygen atoms in total. The van der Waals surface area contributed by atoms with Crippen LogP contribution in [0, 0.1) is 0 Å². The maximum Gasteiger partial charge on any atom is 0.234 e. The largest absolute Gasteiger partial charge is 0.345 e. The summed E-state index contributed by atoms with van der Waals surface area (Å²) in [6, 6.07) is 20.4. The van der Waals surface area contributed by atoms with E-state index in [1.807, 2.05) is 43.3 Å². The Morgan fingerprint density at radius 1 is 1.00 bits per heavy atom. The maximum absolute atomic E-state index is 12.2. The zero-order valence-corrected chi connectivity index (χ0v) is 13.3. The Labute approximate surface area is 132 Å².